The van der Waals surface area contributed by atoms with Crippen LogP contribution in [0.25, 0.3) is 5.65 Å². The predicted octanol–water partition coefficient (Wildman–Crippen LogP) is 3.31. The molecule has 1 unspecified atom stereocenters. The van der Waals surface area contributed by atoms with E-state index >= 15 is 0 Å². The van der Waals surface area contributed by atoms with E-state index < -0.39 is 0 Å². The number of fused-ring (bicyclic) bond motifs is 1. The highest BCUT2D eigenvalue weighted by Gasteiger charge is 2.27. The number of likely N-dealkylation sites (tertiary alicyclic amines) is 1. The van der Waals surface area contributed by atoms with Crippen LogP contribution in [0.4, 0.5) is 0 Å². The van der Waals surface area contributed by atoms with Gasteiger partial charge in [-0.3, -0.25) is 9.20 Å². The third-order valence-corrected chi connectivity index (χ3v) is 6.03. The van der Waals surface area contributed by atoms with Crippen LogP contribution in [-0.4, -0.2) is 57.8 Å². The van der Waals surface area contributed by atoms with Crippen molar-refractivity contribution in [2.75, 3.05) is 26.3 Å². The largest absolute Gasteiger partial charge is 0.491 e. The van der Waals surface area contributed by atoms with Gasteiger partial charge in [-0.25, -0.2) is 0 Å². The number of benzene rings is 1. The lowest BCUT2D eigenvalue weighted by atomic mass is 9.95. The van der Waals surface area contributed by atoms with E-state index in [1.54, 1.807) is 0 Å². The molecule has 0 bridgehead atoms. The van der Waals surface area contributed by atoms with Crippen LogP contribution in [0.5, 0.6) is 5.75 Å². The first kappa shape index (κ1) is 19.1. The van der Waals surface area contributed by atoms with Crippen molar-refractivity contribution in [2.24, 2.45) is 0 Å². The molecule has 1 atom stereocenters. The highest BCUT2D eigenvalue weighted by molar-refractivity contribution is 5.94. The standard InChI is InChI=1S/C23H26N4O3/c28-23(18-5-3-6-19(15-18)30-16-20-7-4-14-29-20)26-12-9-17(10-13-26)22-25-24-21-8-1-2-11-27(21)22/h1-3,5-6,8,11,15,17,20H,4,7,9-10,12-14,16H2. The average molecular weight is 406 g/mol. The van der Waals surface area contributed by atoms with Crippen molar-refractivity contribution in [1.82, 2.24) is 19.5 Å². The monoisotopic (exact) mass is 406 g/mol. The third-order valence-electron chi connectivity index (χ3n) is 6.03. The minimum absolute atomic E-state index is 0.0575. The van der Waals surface area contributed by atoms with E-state index in [-0.39, 0.29) is 12.0 Å². The molecular weight excluding hydrogens is 380 g/mol. The lowest BCUT2D eigenvalue weighted by Crippen LogP contribution is -2.38. The maximum Gasteiger partial charge on any atom is 0.253 e. The van der Waals surface area contributed by atoms with Gasteiger partial charge in [-0.15, -0.1) is 10.2 Å². The Morgan fingerprint density at radius 2 is 2.00 bits per heavy atom. The maximum atomic E-state index is 13.0. The van der Waals surface area contributed by atoms with E-state index in [1.165, 1.54) is 0 Å². The summed E-state index contributed by atoms with van der Waals surface area (Å²) >= 11 is 0. The molecule has 7 heteroatoms. The Labute approximate surface area is 175 Å². The Morgan fingerprint density at radius 3 is 2.83 bits per heavy atom. The van der Waals surface area contributed by atoms with Crippen LogP contribution in [0.15, 0.2) is 48.7 Å². The zero-order chi connectivity index (χ0) is 20.3. The Morgan fingerprint density at radius 1 is 1.10 bits per heavy atom. The quantitative estimate of drug-likeness (QED) is 0.650. The number of ether oxygens (including phenoxy) is 2. The Kier molecular flexibility index (Phi) is 5.36. The van der Waals surface area contributed by atoms with Crippen LogP contribution in [-0.2, 0) is 4.74 Å². The normalized spacial score (nSPS) is 20.0. The van der Waals surface area contributed by atoms with E-state index in [9.17, 15) is 4.79 Å². The van der Waals surface area contributed by atoms with Gasteiger partial charge < -0.3 is 14.4 Å². The summed E-state index contributed by atoms with van der Waals surface area (Å²) in [6.45, 7) is 2.78. The number of pyridine rings is 1. The van der Waals surface area contributed by atoms with Crippen LogP contribution < -0.4 is 4.74 Å². The molecule has 1 amide bonds. The van der Waals surface area contributed by atoms with Crippen LogP contribution >= 0.6 is 0 Å². The fraction of sp³-hybridized carbons (Fsp3) is 0.435. The summed E-state index contributed by atoms with van der Waals surface area (Å²) in [7, 11) is 0. The van der Waals surface area contributed by atoms with Gasteiger partial charge >= 0.3 is 0 Å². The lowest BCUT2D eigenvalue weighted by molar-refractivity contribution is 0.0674. The number of carbonyl (C=O) groups excluding carboxylic acids is 1. The molecule has 0 aliphatic carbocycles. The number of piperidine rings is 1. The SMILES string of the molecule is O=C(c1cccc(OCC2CCCO2)c1)N1CCC(c2nnc3ccccn23)CC1. The zero-order valence-corrected chi connectivity index (χ0v) is 16.9. The van der Waals surface area contributed by atoms with Crippen molar-refractivity contribution in [2.45, 2.75) is 37.7 Å². The molecule has 0 N–H and O–H groups in total. The lowest BCUT2D eigenvalue weighted by Gasteiger charge is -2.31. The summed E-state index contributed by atoms with van der Waals surface area (Å²) in [5.41, 5.74) is 1.54. The molecule has 2 saturated heterocycles. The first-order valence-corrected chi connectivity index (χ1v) is 10.7. The van der Waals surface area contributed by atoms with E-state index in [2.05, 4.69) is 14.6 Å². The van der Waals surface area contributed by atoms with Crippen molar-refractivity contribution >= 4 is 11.6 Å². The summed E-state index contributed by atoms with van der Waals surface area (Å²) in [4.78, 5) is 15.0. The van der Waals surface area contributed by atoms with Crippen molar-refractivity contribution in [3.05, 3.63) is 60.0 Å². The molecule has 3 aromatic rings. The van der Waals surface area contributed by atoms with Gasteiger partial charge in [-0.05, 0) is 56.0 Å². The van der Waals surface area contributed by atoms with E-state index in [4.69, 9.17) is 9.47 Å². The van der Waals surface area contributed by atoms with Gasteiger partial charge in [-0.1, -0.05) is 12.1 Å². The number of carbonyl (C=O) groups is 1. The zero-order valence-electron chi connectivity index (χ0n) is 16.9. The molecule has 7 nitrogen and oxygen atoms in total. The molecule has 0 spiro atoms. The number of aromatic nitrogens is 3. The molecule has 5 rings (SSSR count). The van der Waals surface area contributed by atoms with Crippen molar-refractivity contribution in [1.29, 1.82) is 0 Å². The summed E-state index contributed by atoms with van der Waals surface area (Å²) in [6.07, 6.45) is 6.07. The molecule has 2 aliphatic rings. The van der Waals surface area contributed by atoms with Gasteiger partial charge in [0, 0.05) is 37.4 Å². The molecule has 2 aliphatic heterocycles. The minimum atomic E-state index is 0.0575. The highest BCUT2D eigenvalue weighted by Crippen LogP contribution is 2.28. The first-order chi connectivity index (χ1) is 14.8. The molecule has 4 heterocycles. The molecular formula is C23H26N4O3. The Bertz CT molecular complexity index is 1020. The second-order valence-electron chi connectivity index (χ2n) is 8.03. The van der Waals surface area contributed by atoms with Crippen LogP contribution in [0, 0.1) is 0 Å². The first-order valence-electron chi connectivity index (χ1n) is 10.7. The Hall–Kier alpha value is -2.93. The number of hydrogen-bond acceptors (Lipinski definition) is 5. The molecule has 2 fully saturated rings. The summed E-state index contributed by atoms with van der Waals surface area (Å²) in [5.74, 6) is 2.08. The fourth-order valence-electron chi connectivity index (χ4n) is 4.35. The Balaban J connectivity index is 1.21. The van der Waals surface area contributed by atoms with Gasteiger partial charge in [0.1, 0.15) is 18.2 Å². The van der Waals surface area contributed by atoms with Crippen LogP contribution in [0.1, 0.15) is 47.8 Å². The molecule has 0 radical (unpaired) electrons. The number of rotatable bonds is 5. The predicted molar refractivity (Wildman–Crippen MR) is 112 cm³/mol. The smallest absolute Gasteiger partial charge is 0.253 e. The van der Waals surface area contributed by atoms with Crippen molar-refractivity contribution in [3.63, 3.8) is 0 Å². The second kappa shape index (κ2) is 8.44. The average Bonchev–Trinajstić information content (AvgIpc) is 3.47. The third kappa shape index (κ3) is 3.89. The van der Waals surface area contributed by atoms with Crippen LogP contribution in [0.2, 0.25) is 0 Å². The molecule has 30 heavy (non-hydrogen) atoms. The summed E-state index contributed by atoms with van der Waals surface area (Å²) in [5, 5.41) is 8.66. The van der Waals surface area contributed by atoms with Gasteiger partial charge in [-0.2, -0.15) is 0 Å². The van der Waals surface area contributed by atoms with Crippen molar-refractivity contribution in [3.8, 4) is 5.75 Å². The highest BCUT2D eigenvalue weighted by atomic mass is 16.5. The topological polar surface area (TPSA) is 69.0 Å². The van der Waals surface area contributed by atoms with Gasteiger partial charge in [0.05, 0.1) is 6.10 Å². The van der Waals surface area contributed by atoms with Gasteiger partial charge in [0.2, 0.25) is 0 Å². The molecule has 156 valence electrons. The molecule has 2 aromatic heterocycles. The maximum absolute atomic E-state index is 13.0. The van der Waals surface area contributed by atoms with E-state index in [0.29, 0.717) is 31.2 Å². The fourth-order valence-corrected chi connectivity index (χ4v) is 4.35. The number of nitrogens with zero attached hydrogens (tertiary/aromatic N) is 4. The van der Waals surface area contributed by atoms with E-state index in [0.717, 1.165) is 49.5 Å². The molecule has 0 saturated carbocycles. The number of amides is 1. The van der Waals surface area contributed by atoms with Gasteiger partial charge in [0.15, 0.2) is 5.65 Å². The second-order valence-corrected chi connectivity index (χ2v) is 8.03. The summed E-state index contributed by atoms with van der Waals surface area (Å²) < 4.78 is 13.5. The van der Waals surface area contributed by atoms with Gasteiger partial charge in [0.25, 0.3) is 5.91 Å². The van der Waals surface area contributed by atoms with E-state index in [1.807, 2.05) is 53.6 Å². The van der Waals surface area contributed by atoms with Crippen molar-refractivity contribution < 1.29 is 14.3 Å². The minimum Gasteiger partial charge on any atom is -0.491 e. The molecule has 1 aromatic carbocycles. The summed E-state index contributed by atoms with van der Waals surface area (Å²) in [6, 6.07) is 13.4. The van der Waals surface area contributed by atoms with Crippen LogP contribution in [0.3, 0.4) is 0 Å². The number of hydrogen-bond donors (Lipinski definition) is 0.